The summed E-state index contributed by atoms with van der Waals surface area (Å²) in [6, 6.07) is 18.0. The van der Waals surface area contributed by atoms with E-state index in [9.17, 15) is 26.3 Å². The van der Waals surface area contributed by atoms with Gasteiger partial charge in [0.15, 0.2) is 17.4 Å². The van der Waals surface area contributed by atoms with Crippen molar-refractivity contribution in [3.8, 4) is 39.1 Å². The summed E-state index contributed by atoms with van der Waals surface area (Å²) in [4.78, 5) is 0. The molecule has 0 atom stereocenters. The second kappa shape index (κ2) is 11.4. The van der Waals surface area contributed by atoms with Gasteiger partial charge >= 0.3 is 0 Å². The minimum Gasteiger partial charge on any atom is -0.459 e. The van der Waals surface area contributed by atoms with Crippen LogP contribution in [0.5, 0.6) is 5.75 Å². The Bertz CT molecular complexity index is 1400. The predicted octanol–water partition coefficient (Wildman–Crippen LogP) is 9.35. The Morgan fingerprint density at radius 1 is 0.649 bits per heavy atom. The fourth-order valence-electron chi connectivity index (χ4n) is 3.99. The molecule has 190 valence electrons. The Labute approximate surface area is 210 Å². The van der Waals surface area contributed by atoms with Gasteiger partial charge in [0, 0.05) is 17.2 Å². The van der Waals surface area contributed by atoms with Crippen LogP contribution in [0.4, 0.5) is 26.3 Å². The Morgan fingerprint density at radius 3 is 1.73 bits per heavy atom. The summed E-state index contributed by atoms with van der Waals surface area (Å²) in [5.41, 5.74) is 2.90. The third-order valence-electron chi connectivity index (χ3n) is 5.79. The molecule has 0 unspecified atom stereocenters. The highest BCUT2D eigenvalue weighted by Gasteiger charge is 2.17. The van der Waals surface area contributed by atoms with Gasteiger partial charge in [0.2, 0.25) is 0 Å². The monoisotopic (exact) mass is 512 g/mol. The van der Waals surface area contributed by atoms with Crippen molar-refractivity contribution >= 4 is 0 Å². The zero-order valence-corrected chi connectivity index (χ0v) is 19.8. The van der Waals surface area contributed by atoms with Gasteiger partial charge in [0.25, 0.3) is 6.43 Å². The molecule has 4 aromatic rings. The van der Waals surface area contributed by atoms with Crippen molar-refractivity contribution in [1.29, 1.82) is 0 Å². The molecule has 0 bridgehead atoms. The van der Waals surface area contributed by atoms with E-state index in [-0.39, 0.29) is 22.3 Å². The van der Waals surface area contributed by atoms with Gasteiger partial charge in [-0.05, 0) is 58.5 Å². The molecule has 0 heterocycles. The number of rotatable bonds is 8. The van der Waals surface area contributed by atoms with Gasteiger partial charge in [-0.3, -0.25) is 0 Å². The van der Waals surface area contributed by atoms with Crippen molar-refractivity contribution in [1.82, 2.24) is 0 Å². The molecule has 7 heteroatoms. The number of allylic oxidation sites excluding steroid dienone is 1. The summed E-state index contributed by atoms with van der Waals surface area (Å²) in [7, 11) is 0. The molecule has 4 rings (SSSR count). The summed E-state index contributed by atoms with van der Waals surface area (Å²) >= 11 is 0. The number of ether oxygens (including phenoxy) is 1. The lowest BCUT2D eigenvalue weighted by atomic mass is 9.96. The molecule has 0 amide bonds. The van der Waals surface area contributed by atoms with E-state index in [0.717, 1.165) is 36.6 Å². The van der Waals surface area contributed by atoms with Crippen molar-refractivity contribution in [2.45, 2.75) is 26.2 Å². The van der Waals surface area contributed by atoms with Crippen LogP contribution in [0.1, 0.15) is 18.9 Å². The van der Waals surface area contributed by atoms with Crippen LogP contribution in [0.2, 0.25) is 0 Å². The SMILES string of the molecule is CCCc1ccc(-c2ccc(-c3ccc(-c4cc(F)c(O/C=C/C(F)F)c(F)c4)c(F)c3)c(F)c2)cc1. The summed E-state index contributed by atoms with van der Waals surface area (Å²) in [6.45, 7) is 2.10. The summed E-state index contributed by atoms with van der Waals surface area (Å²) in [5.74, 6) is -4.64. The highest BCUT2D eigenvalue weighted by Crippen LogP contribution is 2.34. The molecule has 0 saturated heterocycles. The zero-order valence-electron chi connectivity index (χ0n) is 19.8. The van der Waals surface area contributed by atoms with Crippen LogP contribution < -0.4 is 4.74 Å². The van der Waals surface area contributed by atoms with Crippen molar-refractivity contribution in [2.24, 2.45) is 0 Å². The Kier molecular flexibility index (Phi) is 8.01. The largest absolute Gasteiger partial charge is 0.459 e. The third kappa shape index (κ3) is 6.05. The smallest absolute Gasteiger partial charge is 0.260 e. The Morgan fingerprint density at radius 2 is 1.16 bits per heavy atom. The fraction of sp³-hybridized carbons (Fsp3) is 0.133. The molecule has 0 aromatic heterocycles. The molecule has 1 nitrogen and oxygen atoms in total. The van der Waals surface area contributed by atoms with E-state index in [4.69, 9.17) is 0 Å². The minimum atomic E-state index is -2.85. The maximum absolute atomic E-state index is 15.0. The van der Waals surface area contributed by atoms with Crippen LogP contribution >= 0.6 is 0 Å². The van der Waals surface area contributed by atoms with E-state index in [1.54, 1.807) is 12.1 Å². The van der Waals surface area contributed by atoms with Crippen LogP contribution in [0, 0.1) is 23.3 Å². The second-order valence-corrected chi connectivity index (χ2v) is 8.39. The number of hydrogen-bond acceptors (Lipinski definition) is 1. The highest BCUT2D eigenvalue weighted by atomic mass is 19.3. The normalized spacial score (nSPS) is 11.5. The fourth-order valence-corrected chi connectivity index (χ4v) is 3.99. The van der Waals surface area contributed by atoms with E-state index in [2.05, 4.69) is 11.7 Å². The molecule has 0 aliphatic carbocycles. The number of alkyl halides is 2. The highest BCUT2D eigenvalue weighted by molar-refractivity contribution is 5.74. The van der Waals surface area contributed by atoms with Gasteiger partial charge in [-0.2, -0.15) is 0 Å². The quantitative estimate of drug-likeness (QED) is 0.169. The average Bonchev–Trinajstić information content (AvgIpc) is 2.86. The van der Waals surface area contributed by atoms with E-state index in [1.165, 1.54) is 23.8 Å². The molecular weight excluding hydrogens is 490 g/mol. The molecule has 0 saturated carbocycles. The van der Waals surface area contributed by atoms with E-state index < -0.39 is 35.4 Å². The Balaban J connectivity index is 1.59. The first-order chi connectivity index (χ1) is 17.8. The summed E-state index contributed by atoms with van der Waals surface area (Å²) < 4.78 is 87.5. The van der Waals surface area contributed by atoms with Gasteiger partial charge in [0.05, 0.1) is 6.26 Å². The summed E-state index contributed by atoms with van der Waals surface area (Å²) in [6.07, 6.45) is -0.0628. The van der Waals surface area contributed by atoms with Crippen molar-refractivity contribution in [3.63, 3.8) is 0 Å². The van der Waals surface area contributed by atoms with Crippen LogP contribution in [0.3, 0.4) is 0 Å². The lowest BCUT2D eigenvalue weighted by molar-refractivity contribution is 0.200. The number of halogens is 6. The maximum Gasteiger partial charge on any atom is 0.260 e. The molecule has 0 aliphatic rings. The van der Waals surface area contributed by atoms with Gasteiger partial charge in [-0.15, -0.1) is 0 Å². The first-order valence-electron chi connectivity index (χ1n) is 11.6. The molecule has 0 radical (unpaired) electrons. The van der Waals surface area contributed by atoms with Gasteiger partial charge in [-0.25, -0.2) is 26.3 Å². The third-order valence-corrected chi connectivity index (χ3v) is 5.79. The molecule has 0 spiro atoms. The zero-order chi connectivity index (χ0) is 26.5. The lowest BCUT2D eigenvalue weighted by Crippen LogP contribution is -1.96. The molecule has 37 heavy (non-hydrogen) atoms. The first-order valence-corrected chi connectivity index (χ1v) is 11.6. The number of aryl methyl sites for hydroxylation is 1. The van der Waals surface area contributed by atoms with E-state index >= 15 is 0 Å². The van der Waals surface area contributed by atoms with Crippen LogP contribution in [0.25, 0.3) is 33.4 Å². The van der Waals surface area contributed by atoms with Crippen LogP contribution in [-0.2, 0) is 6.42 Å². The molecule has 0 fully saturated rings. The lowest BCUT2D eigenvalue weighted by Gasteiger charge is -2.11. The molecule has 4 aromatic carbocycles. The standard InChI is InChI=1S/C30H22F6O/c1-2-3-18-4-6-19(7-5-18)20-8-10-23(25(31)14-20)21-9-11-24(26(32)15-21)22-16-27(33)30(28(34)17-22)37-13-12-29(35)36/h4-17,29H,2-3H2,1H3/b13-12+. The topological polar surface area (TPSA) is 9.23 Å². The first kappa shape index (κ1) is 26.1. The number of benzene rings is 4. The van der Waals surface area contributed by atoms with E-state index in [1.807, 2.05) is 24.3 Å². The Hall–Kier alpha value is -4.00. The van der Waals surface area contributed by atoms with Crippen LogP contribution in [-0.4, -0.2) is 6.43 Å². The summed E-state index contributed by atoms with van der Waals surface area (Å²) in [5, 5.41) is 0. The number of hydrogen-bond donors (Lipinski definition) is 0. The van der Waals surface area contributed by atoms with Gasteiger partial charge < -0.3 is 4.74 Å². The molecular formula is C30H22F6O. The van der Waals surface area contributed by atoms with Crippen molar-refractivity contribution in [3.05, 3.63) is 114 Å². The predicted molar refractivity (Wildman–Crippen MR) is 132 cm³/mol. The van der Waals surface area contributed by atoms with Gasteiger partial charge in [0.1, 0.15) is 11.6 Å². The van der Waals surface area contributed by atoms with E-state index in [0.29, 0.717) is 17.9 Å². The van der Waals surface area contributed by atoms with Crippen molar-refractivity contribution in [2.75, 3.05) is 0 Å². The minimum absolute atomic E-state index is 0.125. The molecule has 0 aliphatic heterocycles. The average molecular weight is 512 g/mol. The van der Waals surface area contributed by atoms with Crippen molar-refractivity contribution < 1.29 is 31.1 Å². The maximum atomic E-state index is 15.0. The van der Waals surface area contributed by atoms with Gasteiger partial charge in [-0.1, -0.05) is 61.9 Å². The van der Waals surface area contributed by atoms with Crippen LogP contribution in [0.15, 0.2) is 85.1 Å². The molecule has 0 N–H and O–H groups in total. The second-order valence-electron chi connectivity index (χ2n) is 8.39.